The van der Waals surface area contributed by atoms with E-state index >= 15 is 0 Å². The molecule has 2 aliphatic heterocycles. The summed E-state index contributed by atoms with van der Waals surface area (Å²) in [6.45, 7) is 7.77. The topological polar surface area (TPSA) is 96.5 Å². The van der Waals surface area contributed by atoms with E-state index in [-0.39, 0.29) is 48.5 Å². The van der Waals surface area contributed by atoms with Crippen molar-refractivity contribution >= 4 is 36.6 Å². The minimum atomic E-state index is -0.678. The summed E-state index contributed by atoms with van der Waals surface area (Å²) in [7, 11) is 1.89. The maximum Gasteiger partial charge on any atom is 0.237 e. The lowest BCUT2D eigenvalue weighted by Gasteiger charge is -2.43. The normalized spacial score (nSPS) is 23.4. The number of hydrogen-bond acceptors (Lipinski definition) is 5. The smallest absolute Gasteiger partial charge is 0.237 e. The molecule has 2 amide bonds. The molecule has 0 saturated carbocycles. The molecular formula is C17H30Cl2N6O2. The van der Waals surface area contributed by atoms with E-state index in [1.54, 1.807) is 4.68 Å². The molecule has 8 nitrogen and oxygen atoms in total. The van der Waals surface area contributed by atoms with Crippen LogP contribution in [0.2, 0.25) is 0 Å². The van der Waals surface area contributed by atoms with E-state index < -0.39 is 5.54 Å². The number of rotatable bonds is 4. The highest BCUT2D eigenvalue weighted by molar-refractivity contribution is 5.85. The largest absolute Gasteiger partial charge is 0.368 e. The fourth-order valence-electron chi connectivity index (χ4n) is 3.80. The van der Waals surface area contributed by atoms with Crippen LogP contribution in [0.5, 0.6) is 0 Å². The fraction of sp³-hybridized carbons (Fsp3) is 0.706. The number of amides is 2. The average molecular weight is 421 g/mol. The van der Waals surface area contributed by atoms with E-state index in [9.17, 15) is 9.59 Å². The Hall–Kier alpha value is -1.35. The van der Waals surface area contributed by atoms with Gasteiger partial charge in [0.25, 0.3) is 0 Å². The van der Waals surface area contributed by atoms with Crippen LogP contribution in [0.25, 0.3) is 0 Å². The van der Waals surface area contributed by atoms with Gasteiger partial charge < -0.3 is 16.0 Å². The van der Waals surface area contributed by atoms with Crippen LogP contribution >= 0.6 is 24.8 Å². The number of carbonyl (C=O) groups is 2. The van der Waals surface area contributed by atoms with Crippen LogP contribution in [-0.2, 0) is 16.6 Å². The first kappa shape index (κ1) is 23.7. The van der Waals surface area contributed by atoms with Crippen molar-refractivity contribution in [3.8, 4) is 0 Å². The maximum atomic E-state index is 13.0. The summed E-state index contributed by atoms with van der Waals surface area (Å²) in [5.41, 5.74) is 5.93. The van der Waals surface area contributed by atoms with Crippen LogP contribution in [0.4, 0.5) is 0 Å². The minimum Gasteiger partial charge on any atom is -0.368 e. The van der Waals surface area contributed by atoms with Gasteiger partial charge in [0.2, 0.25) is 11.8 Å². The number of piperazine rings is 1. The van der Waals surface area contributed by atoms with Gasteiger partial charge in [-0.05, 0) is 19.4 Å². The second kappa shape index (κ2) is 9.23. The van der Waals surface area contributed by atoms with E-state index in [2.05, 4.69) is 15.3 Å². The molecule has 1 aromatic rings. The highest BCUT2D eigenvalue weighted by atomic mass is 35.5. The summed E-state index contributed by atoms with van der Waals surface area (Å²) in [4.78, 5) is 28.6. The SMILES string of the molecule is Cl.Cl.Cn1cc([C@H]2CNC[C@@H]2C(=O)N2CCN(C(C)(C)C(N)=O)CC2)cn1. The van der Waals surface area contributed by atoms with Crippen LogP contribution in [0.15, 0.2) is 12.4 Å². The maximum absolute atomic E-state index is 13.0. The van der Waals surface area contributed by atoms with E-state index in [1.807, 2.05) is 38.2 Å². The predicted molar refractivity (Wildman–Crippen MR) is 108 cm³/mol. The molecule has 0 unspecified atom stereocenters. The number of nitrogens with one attached hydrogen (secondary N) is 1. The van der Waals surface area contributed by atoms with Crippen molar-refractivity contribution in [2.24, 2.45) is 18.7 Å². The van der Waals surface area contributed by atoms with Crippen molar-refractivity contribution in [2.75, 3.05) is 39.3 Å². The van der Waals surface area contributed by atoms with Crippen LogP contribution in [-0.4, -0.2) is 76.2 Å². The van der Waals surface area contributed by atoms with Crippen molar-refractivity contribution in [3.05, 3.63) is 18.0 Å². The first-order valence-corrected chi connectivity index (χ1v) is 8.83. The van der Waals surface area contributed by atoms with Gasteiger partial charge in [-0.25, -0.2) is 0 Å². The molecule has 2 aliphatic rings. The lowest BCUT2D eigenvalue weighted by molar-refractivity contribution is -0.139. The Morgan fingerprint density at radius 1 is 1.19 bits per heavy atom. The van der Waals surface area contributed by atoms with Gasteiger partial charge in [0.15, 0.2) is 0 Å². The van der Waals surface area contributed by atoms with Gasteiger partial charge in [-0.15, -0.1) is 24.8 Å². The predicted octanol–water partition coefficient (Wildman–Crippen LogP) is -0.0252. The Morgan fingerprint density at radius 3 is 2.33 bits per heavy atom. The minimum absolute atomic E-state index is 0. The lowest BCUT2D eigenvalue weighted by Crippen LogP contribution is -2.60. The molecule has 10 heteroatoms. The summed E-state index contributed by atoms with van der Waals surface area (Å²) in [6, 6.07) is 0. The molecule has 0 spiro atoms. The summed E-state index contributed by atoms with van der Waals surface area (Å²) in [6.07, 6.45) is 3.84. The van der Waals surface area contributed by atoms with Crippen molar-refractivity contribution in [2.45, 2.75) is 25.3 Å². The zero-order chi connectivity index (χ0) is 18.2. The van der Waals surface area contributed by atoms with Gasteiger partial charge in [-0.1, -0.05) is 0 Å². The molecule has 3 heterocycles. The molecule has 1 aromatic heterocycles. The fourth-order valence-corrected chi connectivity index (χ4v) is 3.80. The number of halogens is 2. The van der Waals surface area contributed by atoms with Crippen LogP contribution < -0.4 is 11.1 Å². The van der Waals surface area contributed by atoms with Gasteiger partial charge in [0.05, 0.1) is 17.7 Å². The third-order valence-corrected chi connectivity index (χ3v) is 5.67. The Morgan fingerprint density at radius 2 is 1.81 bits per heavy atom. The number of nitrogens with two attached hydrogens (primary N) is 1. The Labute approximate surface area is 172 Å². The second-order valence-electron chi connectivity index (χ2n) is 7.55. The summed E-state index contributed by atoms with van der Waals surface area (Å²) < 4.78 is 1.78. The Bertz CT molecular complexity index is 658. The standard InChI is InChI=1S/C17H28N6O2.2ClH/c1-17(2,16(18)25)23-6-4-22(5-7-23)15(24)14-10-19-9-13(14)12-8-20-21(3)11-12;;/h8,11,13-14,19H,4-7,9-10H2,1-3H3,(H2,18,25);2*1H/t13-,14+;;/m1../s1. The van der Waals surface area contributed by atoms with Crippen LogP contribution in [0.3, 0.4) is 0 Å². The van der Waals surface area contributed by atoms with Crippen molar-refractivity contribution in [1.82, 2.24) is 24.9 Å². The summed E-state index contributed by atoms with van der Waals surface area (Å²) in [5, 5.41) is 7.58. The zero-order valence-corrected chi connectivity index (χ0v) is 17.7. The summed E-state index contributed by atoms with van der Waals surface area (Å²) in [5.74, 6) is -0.0273. The molecular weight excluding hydrogens is 391 g/mol. The third kappa shape index (κ3) is 4.74. The van der Waals surface area contributed by atoms with E-state index in [0.29, 0.717) is 32.7 Å². The number of nitrogens with zero attached hydrogens (tertiary/aromatic N) is 4. The van der Waals surface area contributed by atoms with Gasteiger partial charge in [-0.3, -0.25) is 19.2 Å². The molecule has 154 valence electrons. The number of primary amides is 1. The van der Waals surface area contributed by atoms with Crippen LogP contribution in [0.1, 0.15) is 25.3 Å². The number of carbonyl (C=O) groups excluding carboxylic acids is 2. The van der Waals surface area contributed by atoms with Crippen molar-refractivity contribution in [3.63, 3.8) is 0 Å². The highest BCUT2D eigenvalue weighted by Gasteiger charge is 2.40. The molecule has 3 rings (SSSR count). The van der Waals surface area contributed by atoms with E-state index in [0.717, 1.165) is 12.1 Å². The quantitative estimate of drug-likeness (QED) is 0.712. The number of aromatic nitrogens is 2. The van der Waals surface area contributed by atoms with Crippen molar-refractivity contribution in [1.29, 1.82) is 0 Å². The lowest BCUT2D eigenvalue weighted by atomic mass is 9.89. The van der Waals surface area contributed by atoms with E-state index in [1.165, 1.54) is 0 Å². The van der Waals surface area contributed by atoms with E-state index in [4.69, 9.17) is 5.73 Å². The van der Waals surface area contributed by atoms with Gasteiger partial charge in [-0.2, -0.15) is 5.10 Å². The molecule has 0 radical (unpaired) electrons. The number of hydrogen-bond donors (Lipinski definition) is 2. The Kier molecular flexibility index (Phi) is 8.10. The average Bonchev–Trinajstić information content (AvgIpc) is 3.22. The first-order chi connectivity index (χ1) is 11.8. The summed E-state index contributed by atoms with van der Waals surface area (Å²) >= 11 is 0. The highest BCUT2D eigenvalue weighted by Crippen LogP contribution is 2.30. The van der Waals surface area contributed by atoms with Gasteiger partial charge in [0, 0.05) is 58.4 Å². The van der Waals surface area contributed by atoms with Crippen molar-refractivity contribution < 1.29 is 9.59 Å². The third-order valence-electron chi connectivity index (χ3n) is 5.67. The molecule has 0 aliphatic carbocycles. The number of aryl methyl sites for hydroxylation is 1. The molecule has 2 fully saturated rings. The molecule has 0 aromatic carbocycles. The molecule has 27 heavy (non-hydrogen) atoms. The molecule has 3 N–H and O–H groups in total. The molecule has 2 saturated heterocycles. The molecule has 0 bridgehead atoms. The van der Waals surface area contributed by atoms with Crippen LogP contribution in [0, 0.1) is 5.92 Å². The van der Waals surface area contributed by atoms with Gasteiger partial charge >= 0.3 is 0 Å². The molecule has 2 atom stereocenters. The zero-order valence-electron chi connectivity index (χ0n) is 16.1. The second-order valence-corrected chi connectivity index (χ2v) is 7.55. The van der Waals surface area contributed by atoms with Gasteiger partial charge in [0.1, 0.15) is 0 Å². The Balaban J connectivity index is 0.00000182. The first-order valence-electron chi connectivity index (χ1n) is 8.83. The monoisotopic (exact) mass is 420 g/mol.